The zero-order valence-electron chi connectivity index (χ0n) is 10.1. The number of hydrogen-bond donors (Lipinski definition) is 1. The molecule has 3 nitrogen and oxygen atoms in total. The van der Waals surface area contributed by atoms with Gasteiger partial charge < -0.3 is 9.84 Å². The van der Waals surface area contributed by atoms with E-state index in [0.717, 1.165) is 16.8 Å². The summed E-state index contributed by atoms with van der Waals surface area (Å²) in [5.74, 6) is 0.713. The molecule has 15 heavy (non-hydrogen) atoms. The van der Waals surface area contributed by atoms with Crippen LogP contribution in [0.4, 0.5) is 0 Å². The third kappa shape index (κ3) is 2.93. The van der Waals surface area contributed by atoms with Crippen LogP contribution >= 0.6 is 0 Å². The first kappa shape index (κ1) is 12.0. The van der Waals surface area contributed by atoms with Gasteiger partial charge in [-0.05, 0) is 40.2 Å². The molecule has 0 saturated heterocycles. The standard InChI is InChI=1S/C12H19NO2/c1-8-6-13-9(2)11(10(8)7-14)15-12(3,4)5/h6,14H,7H2,1-5H3. The summed E-state index contributed by atoms with van der Waals surface area (Å²) in [6.07, 6.45) is 1.76. The third-order valence-corrected chi connectivity index (χ3v) is 2.10. The van der Waals surface area contributed by atoms with Crippen molar-refractivity contribution in [3.8, 4) is 5.75 Å². The van der Waals surface area contributed by atoms with E-state index in [-0.39, 0.29) is 12.2 Å². The number of pyridine rings is 1. The number of rotatable bonds is 2. The highest BCUT2D eigenvalue weighted by Crippen LogP contribution is 2.28. The minimum Gasteiger partial charge on any atom is -0.486 e. The Morgan fingerprint density at radius 2 is 1.93 bits per heavy atom. The van der Waals surface area contributed by atoms with Crippen LogP contribution in [0.1, 0.15) is 37.6 Å². The van der Waals surface area contributed by atoms with Gasteiger partial charge in [-0.2, -0.15) is 0 Å². The molecule has 0 saturated carbocycles. The van der Waals surface area contributed by atoms with E-state index in [1.54, 1.807) is 6.20 Å². The van der Waals surface area contributed by atoms with Crippen LogP contribution in [0.15, 0.2) is 6.20 Å². The summed E-state index contributed by atoms with van der Waals surface area (Å²) in [4.78, 5) is 4.24. The molecule has 0 fully saturated rings. The summed E-state index contributed by atoms with van der Waals surface area (Å²) in [7, 11) is 0. The van der Waals surface area contributed by atoms with Crippen molar-refractivity contribution >= 4 is 0 Å². The van der Waals surface area contributed by atoms with Gasteiger partial charge in [-0.15, -0.1) is 0 Å². The molecule has 0 aliphatic heterocycles. The SMILES string of the molecule is Cc1cnc(C)c(OC(C)(C)C)c1CO. The maximum absolute atomic E-state index is 9.31. The molecule has 0 radical (unpaired) electrons. The molecule has 0 aromatic carbocycles. The van der Waals surface area contributed by atoms with Crippen LogP contribution in [0.25, 0.3) is 0 Å². The van der Waals surface area contributed by atoms with E-state index in [9.17, 15) is 5.11 Å². The molecule has 1 aromatic rings. The van der Waals surface area contributed by atoms with E-state index < -0.39 is 0 Å². The minimum absolute atomic E-state index is 0.0133. The van der Waals surface area contributed by atoms with Crippen LogP contribution in [-0.2, 0) is 6.61 Å². The molecule has 1 heterocycles. The minimum atomic E-state index is -0.274. The number of ether oxygens (including phenoxy) is 1. The Kier molecular flexibility index (Phi) is 3.35. The van der Waals surface area contributed by atoms with Crippen molar-refractivity contribution in [2.45, 2.75) is 46.8 Å². The molecule has 1 aromatic heterocycles. The number of aromatic nitrogens is 1. The summed E-state index contributed by atoms with van der Waals surface area (Å²) >= 11 is 0. The lowest BCUT2D eigenvalue weighted by Gasteiger charge is -2.24. The quantitative estimate of drug-likeness (QED) is 0.813. The molecule has 0 amide bonds. The van der Waals surface area contributed by atoms with Gasteiger partial charge in [0.2, 0.25) is 0 Å². The van der Waals surface area contributed by atoms with Gasteiger partial charge in [-0.25, -0.2) is 0 Å². The molecule has 0 aliphatic rings. The van der Waals surface area contributed by atoms with Gasteiger partial charge in [0.1, 0.15) is 11.4 Å². The lowest BCUT2D eigenvalue weighted by atomic mass is 10.1. The van der Waals surface area contributed by atoms with Crippen molar-refractivity contribution in [1.29, 1.82) is 0 Å². The highest BCUT2D eigenvalue weighted by molar-refractivity contribution is 5.41. The van der Waals surface area contributed by atoms with Gasteiger partial charge in [0, 0.05) is 11.8 Å². The first-order valence-corrected chi connectivity index (χ1v) is 5.10. The van der Waals surface area contributed by atoms with Crippen molar-refractivity contribution in [2.75, 3.05) is 0 Å². The Hall–Kier alpha value is -1.09. The largest absolute Gasteiger partial charge is 0.486 e. The zero-order chi connectivity index (χ0) is 11.6. The Morgan fingerprint density at radius 3 is 2.40 bits per heavy atom. The van der Waals surface area contributed by atoms with Crippen molar-refractivity contribution in [1.82, 2.24) is 4.98 Å². The highest BCUT2D eigenvalue weighted by atomic mass is 16.5. The number of aliphatic hydroxyl groups excluding tert-OH is 1. The summed E-state index contributed by atoms with van der Waals surface area (Å²) in [6.45, 7) is 9.75. The van der Waals surface area contributed by atoms with Gasteiger partial charge in [0.15, 0.2) is 0 Å². The summed E-state index contributed by atoms with van der Waals surface area (Å²) in [5.41, 5.74) is 2.34. The lowest BCUT2D eigenvalue weighted by Crippen LogP contribution is -2.24. The molecule has 1 rings (SSSR count). The van der Waals surface area contributed by atoms with Crippen LogP contribution in [0.5, 0.6) is 5.75 Å². The van der Waals surface area contributed by atoms with E-state index in [4.69, 9.17) is 4.74 Å². The Bertz CT molecular complexity index is 353. The number of aryl methyl sites for hydroxylation is 2. The van der Waals surface area contributed by atoms with Gasteiger partial charge in [-0.1, -0.05) is 0 Å². The number of aliphatic hydroxyl groups is 1. The summed E-state index contributed by atoms with van der Waals surface area (Å²) in [6, 6.07) is 0. The van der Waals surface area contributed by atoms with Crippen LogP contribution in [0.3, 0.4) is 0 Å². The molecule has 0 unspecified atom stereocenters. The topological polar surface area (TPSA) is 42.4 Å². The van der Waals surface area contributed by atoms with Crippen LogP contribution in [0, 0.1) is 13.8 Å². The number of nitrogens with zero attached hydrogens (tertiary/aromatic N) is 1. The number of hydrogen-bond acceptors (Lipinski definition) is 3. The Morgan fingerprint density at radius 1 is 1.33 bits per heavy atom. The molecule has 0 aliphatic carbocycles. The van der Waals surface area contributed by atoms with Gasteiger partial charge in [-0.3, -0.25) is 4.98 Å². The van der Waals surface area contributed by atoms with Crippen molar-refractivity contribution < 1.29 is 9.84 Å². The fourth-order valence-electron chi connectivity index (χ4n) is 1.37. The molecule has 3 heteroatoms. The predicted octanol–water partition coefficient (Wildman–Crippen LogP) is 2.37. The van der Waals surface area contributed by atoms with E-state index in [1.165, 1.54) is 0 Å². The van der Waals surface area contributed by atoms with E-state index in [0.29, 0.717) is 5.75 Å². The molecular weight excluding hydrogens is 190 g/mol. The zero-order valence-corrected chi connectivity index (χ0v) is 10.1. The second kappa shape index (κ2) is 4.19. The normalized spacial score (nSPS) is 11.6. The average Bonchev–Trinajstić information content (AvgIpc) is 2.10. The van der Waals surface area contributed by atoms with Gasteiger partial charge in [0.25, 0.3) is 0 Å². The molecular formula is C12H19NO2. The van der Waals surface area contributed by atoms with E-state index in [1.807, 2.05) is 34.6 Å². The van der Waals surface area contributed by atoms with Crippen LogP contribution < -0.4 is 4.74 Å². The first-order chi connectivity index (χ1) is 6.85. The van der Waals surface area contributed by atoms with Crippen molar-refractivity contribution in [3.63, 3.8) is 0 Å². The molecule has 0 bridgehead atoms. The highest BCUT2D eigenvalue weighted by Gasteiger charge is 2.18. The maximum Gasteiger partial charge on any atom is 0.147 e. The second-order valence-corrected chi connectivity index (χ2v) is 4.71. The smallest absolute Gasteiger partial charge is 0.147 e. The molecule has 84 valence electrons. The fraction of sp³-hybridized carbons (Fsp3) is 0.583. The van der Waals surface area contributed by atoms with Gasteiger partial charge >= 0.3 is 0 Å². The lowest BCUT2D eigenvalue weighted by molar-refractivity contribution is 0.124. The van der Waals surface area contributed by atoms with E-state index in [2.05, 4.69) is 4.98 Å². The maximum atomic E-state index is 9.31. The van der Waals surface area contributed by atoms with E-state index >= 15 is 0 Å². The molecule has 0 atom stereocenters. The Labute approximate surface area is 91.1 Å². The first-order valence-electron chi connectivity index (χ1n) is 5.10. The monoisotopic (exact) mass is 209 g/mol. The van der Waals surface area contributed by atoms with Crippen LogP contribution in [-0.4, -0.2) is 15.7 Å². The van der Waals surface area contributed by atoms with Crippen molar-refractivity contribution in [3.05, 3.63) is 23.0 Å². The van der Waals surface area contributed by atoms with Gasteiger partial charge in [0.05, 0.1) is 12.3 Å². The fourth-order valence-corrected chi connectivity index (χ4v) is 1.37. The summed E-state index contributed by atoms with van der Waals surface area (Å²) in [5, 5.41) is 9.31. The predicted molar refractivity (Wildman–Crippen MR) is 60.0 cm³/mol. The third-order valence-electron chi connectivity index (χ3n) is 2.10. The molecule has 0 spiro atoms. The average molecular weight is 209 g/mol. The second-order valence-electron chi connectivity index (χ2n) is 4.71. The molecule has 1 N–H and O–H groups in total. The Balaban J connectivity index is 3.20. The van der Waals surface area contributed by atoms with Crippen LogP contribution in [0.2, 0.25) is 0 Å². The van der Waals surface area contributed by atoms with Crippen molar-refractivity contribution in [2.24, 2.45) is 0 Å². The summed E-state index contributed by atoms with van der Waals surface area (Å²) < 4.78 is 5.81.